The van der Waals surface area contributed by atoms with Crippen molar-refractivity contribution in [2.75, 3.05) is 13.1 Å². The highest BCUT2D eigenvalue weighted by atomic mass is 16.6. The molecule has 0 saturated carbocycles. The number of hydrogen-bond donors (Lipinski definition) is 0. The number of carbonyl (C=O) groups is 1. The van der Waals surface area contributed by atoms with Gasteiger partial charge in [0.1, 0.15) is 5.60 Å². The molecule has 2 atom stereocenters. The van der Waals surface area contributed by atoms with E-state index >= 15 is 0 Å². The fourth-order valence-corrected chi connectivity index (χ4v) is 4.35. The Balaban J connectivity index is 1.71. The molecule has 2 unspecified atom stereocenters. The van der Waals surface area contributed by atoms with Crippen LogP contribution in [0.3, 0.4) is 0 Å². The molecular weight excluding hydrogens is 340 g/mol. The molecule has 2 aromatic rings. The Morgan fingerprint density at radius 3 is 2.48 bits per heavy atom. The van der Waals surface area contributed by atoms with E-state index in [-0.39, 0.29) is 23.5 Å². The van der Waals surface area contributed by atoms with Crippen LogP contribution in [-0.2, 0) is 11.3 Å². The van der Waals surface area contributed by atoms with Gasteiger partial charge in [0.25, 0.3) is 5.56 Å². The highest BCUT2D eigenvalue weighted by Gasteiger charge is 2.39. The predicted octanol–water partition coefficient (Wildman–Crippen LogP) is 3.87. The van der Waals surface area contributed by atoms with Crippen LogP contribution in [-0.4, -0.2) is 34.3 Å². The van der Waals surface area contributed by atoms with Crippen LogP contribution in [0.5, 0.6) is 0 Å². The van der Waals surface area contributed by atoms with Gasteiger partial charge in [-0.3, -0.25) is 4.79 Å². The van der Waals surface area contributed by atoms with Crippen LogP contribution in [0, 0.1) is 5.92 Å². The van der Waals surface area contributed by atoms with Gasteiger partial charge in [-0.2, -0.15) is 0 Å². The summed E-state index contributed by atoms with van der Waals surface area (Å²) in [5, 5.41) is 0. The molecule has 2 aliphatic rings. The topological polar surface area (TPSA) is 51.5 Å². The molecule has 142 valence electrons. The summed E-state index contributed by atoms with van der Waals surface area (Å²) in [5.74, 6) is 0.432. The number of nitrogens with zero attached hydrogens (tertiary/aromatic N) is 2. The smallest absolute Gasteiger partial charge is 0.410 e. The molecule has 3 heterocycles. The molecule has 27 heavy (non-hydrogen) atoms. The number of hydrogen-bond acceptors (Lipinski definition) is 3. The monoisotopic (exact) mass is 366 g/mol. The zero-order chi connectivity index (χ0) is 19.2. The third kappa shape index (κ3) is 3.51. The predicted molar refractivity (Wildman–Crippen MR) is 105 cm³/mol. The Morgan fingerprint density at radius 1 is 1.04 bits per heavy atom. The van der Waals surface area contributed by atoms with Gasteiger partial charge in [0.2, 0.25) is 0 Å². The van der Waals surface area contributed by atoms with E-state index in [1.54, 1.807) is 6.07 Å². The summed E-state index contributed by atoms with van der Waals surface area (Å²) in [5.41, 5.74) is 2.79. The molecule has 1 aromatic heterocycles. The molecule has 1 aromatic carbocycles. The lowest BCUT2D eigenvalue weighted by Gasteiger charge is -2.43. The van der Waals surface area contributed by atoms with E-state index in [0.717, 1.165) is 23.2 Å². The highest BCUT2D eigenvalue weighted by molar-refractivity contribution is 5.70. The van der Waals surface area contributed by atoms with Crippen molar-refractivity contribution in [2.45, 2.75) is 45.3 Å². The van der Waals surface area contributed by atoms with E-state index in [1.807, 2.05) is 54.5 Å². The first kappa shape index (κ1) is 17.8. The van der Waals surface area contributed by atoms with Crippen molar-refractivity contribution >= 4 is 6.09 Å². The first-order valence-electron chi connectivity index (χ1n) is 9.59. The van der Waals surface area contributed by atoms with Gasteiger partial charge in [0.15, 0.2) is 0 Å². The minimum absolute atomic E-state index is 0.0464. The first-order chi connectivity index (χ1) is 12.8. The number of amides is 1. The van der Waals surface area contributed by atoms with Crippen molar-refractivity contribution in [2.24, 2.45) is 5.92 Å². The van der Waals surface area contributed by atoms with E-state index in [4.69, 9.17) is 4.74 Å². The van der Waals surface area contributed by atoms with Gasteiger partial charge in [-0.1, -0.05) is 30.3 Å². The molecule has 2 bridgehead atoms. The van der Waals surface area contributed by atoms with Gasteiger partial charge in [-0.15, -0.1) is 0 Å². The second kappa shape index (κ2) is 6.55. The van der Waals surface area contributed by atoms with Gasteiger partial charge in [0.05, 0.1) is 0 Å². The molecule has 1 fully saturated rings. The lowest BCUT2D eigenvalue weighted by Crippen LogP contribution is -2.50. The van der Waals surface area contributed by atoms with E-state index in [1.165, 1.54) is 0 Å². The van der Waals surface area contributed by atoms with E-state index < -0.39 is 5.60 Å². The number of likely N-dealkylation sites (tertiary alicyclic amines) is 1. The highest BCUT2D eigenvalue weighted by Crippen LogP contribution is 2.40. The second-order valence-electron chi connectivity index (χ2n) is 8.63. The van der Waals surface area contributed by atoms with Crippen LogP contribution >= 0.6 is 0 Å². The van der Waals surface area contributed by atoms with Gasteiger partial charge in [-0.25, -0.2) is 4.79 Å². The molecule has 5 nitrogen and oxygen atoms in total. The molecule has 5 heteroatoms. The van der Waals surface area contributed by atoms with Gasteiger partial charge < -0.3 is 14.2 Å². The Morgan fingerprint density at radius 2 is 1.78 bits per heavy atom. The van der Waals surface area contributed by atoms with Crippen molar-refractivity contribution in [3.63, 3.8) is 0 Å². The zero-order valence-corrected chi connectivity index (χ0v) is 16.1. The normalized spacial score (nSPS) is 21.5. The van der Waals surface area contributed by atoms with E-state index in [9.17, 15) is 9.59 Å². The van der Waals surface area contributed by atoms with E-state index in [0.29, 0.717) is 19.6 Å². The minimum Gasteiger partial charge on any atom is -0.444 e. The van der Waals surface area contributed by atoms with Crippen molar-refractivity contribution in [3.8, 4) is 11.1 Å². The summed E-state index contributed by atoms with van der Waals surface area (Å²) in [6, 6.07) is 13.7. The standard InChI is InChI=1S/C22H26N2O3/c1-22(2,3)27-21(26)23-12-15-11-17(14-23)20-18(16-7-5-4-6-8-16)9-10-19(25)24(20)13-15/h4-10,15,17H,11-14H2,1-3H3. The van der Waals surface area contributed by atoms with Crippen molar-refractivity contribution < 1.29 is 9.53 Å². The lowest BCUT2D eigenvalue weighted by molar-refractivity contribution is 0.0102. The number of carbonyl (C=O) groups excluding carboxylic acids is 1. The largest absolute Gasteiger partial charge is 0.444 e. The Hall–Kier alpha value is -2.56. The molecule has 0 aliphatic carbocycles. The second-order valence-corrected chi connectivity index (χ2v) is 8.63. The maximum absolute atomic E-state index is 12.6. The Bertz CT molecular complexity index is 911. The summed E-state index contributed by atoms with van der Waals surface area (Å²) < 4.78 is 7.51. The fourth-order valence-electron chi connectivity index (χ4n) is 4.35. The summed E-state index contributed by atoms with van der Waals surface area (Å²) in [6.07, 6.45) is 0.743. The summed E-state index contributed by atoms with van der Waals surface area (Å²) in [4.78, 5) is 27.0. The molecule has 1 amide bonds. The minimum atomic E-state index is -0.506. The SMILES string of the molecule is CC(C)(C)OC(=O)N1CC2CC(C1)c1c(-c3ccccc3)ccc(=O)n1C2. The number of aromatic nitrogens is 1. The van der Waals surface area contributed by atoms with Crippen LogP contribution in [0.4, 0.5) is 4.79 Å². The molecule has 1 saturated heterocycles. The fraction of sp³-hybridized carbons (Fsp3) is 0.455. The van der Waals surface area contributed by atoms with Crippen LogP contribution in [0.1, 0.15) is 38.8 Å². The third-order valence-corrected chi connectivity index (χ3v) is 5.33. The van der Waals surface area contributed by atoms with Crippen LogP contribution in [0.2, 0.25) is 0 Å². The van der Waals surface area contributed by atoms with Crippen LogP contribution < -0.4 is 5.56 Å². The Kier molecular flexibility index (Phi) is 4.33. The number of rotatable bonds is 1. The number of fused-ring (bicyclic) bond motifs is 4. The van der Waals surface area contributed by atoms with Gasteiger partial charge in [0, 0.05) is 42.9 Å². The molecule has 4 rings (SSSR count). The summed E-state index contributed by atoms with van der Waals surface area (Å²) in [7, 11) is 0. The average Bonchev–Trinajstić information content (AvgIpc) is 2.62. The number of piperidine rings is 1. The van der Waals surface area contributed by atoms with E-state index in [2.05, 4.69) is 12.1 Å². The van der Waals surface area contributed by atoms with Crippen molar-refractivity contribution in [1.82, 2.24) is 9.47 Å². The Labute approximate surface area is 159 Å². The molecular formula is C22H26N2O3. The quantitative estimate of drug-likeness (QED) is 0.770. The maximum atomic E-state index is 12.6. The summed E-state index contributed by atoms with van der Waals surface area (Å²) >= 11 is 0. The summed E-state index contributed by atoms with van der Waals surface area (Å²) in [6.45, 7) is 7.56. The van der Waals surface area contributed by atoms with Crippen molar-refractivity contribution in [3.05, 3.63) is 58.5 Å². The molecule has 0 N–H and O–H groups in total. The van der Waals surface area contributed by atoms with Crippen LogP contribution in [0.25, 0.3) is 11.1 Å². The molecule has 0 radical (unpaired) electrons. The van der Waals surface area contributed by atoms with Gasteiger partial charge >= 0.3 is 6.09 Å². The third-order valence-electron chi connectivity index (χ3n) is 5.33. The maximum Gasteiger partial charge on any atom is 0.410 e. The number of pyridine rings is 1. The first-order valence-corrected chi connectivity index (χ1v) is 9.59. The lowest BCUT2D eigenvalue weighted by atomic mass is 9.80. The van der Waals surface area contributed by atoms with Crippen molar-refractivity contribution in [1.29, 1.82) is 0 Å². The van der Waals surface area contributed by atoms with Gasteiger partial charge in [-0.05, 0) is 44.7 Å². The number of benzene rings is 1. The zero-order valence-electron chi connectivity index (χ0n) is 16.1. The molecule has 2 aliphatic heterocycles. The molecule has 0 spiro atoms. The average molecular weight is 366 g/mol. The van der Waals surface area contributed by atoms with Crippen LogP contribution in [0.15, 0.2) is 47.3 Å². The number of ether oxygens (including phenoxy) is 1.